The molecule has 0 saturated carbocycles. The van der Waals surface area contributed by atoms with Crippen LogP contribution >= 0.6 is 27.3 Å². The maximum Gasteiger partial charge on any atom is 0.266 e. The highest BCUT2D eigenvalue weighted by Crippen LogP contribution is 2.16. The molecule has 0 aromatic carbocycles. The second-order valence-electron chi connectivity index (χ2n) is 4.08. The molecule has 11 heteroatoms. The molecule has 3 heterocycles. The number of halogens is 1. The van der Waals surface area contributed by atoms with Crippen molar-refractivity contribution in [2.45, 2.75) is 6.54 Å². The minimum absolute atomic E-state index is 0.164. The fourth-order valence-electron chi connectivity index (χ4n) is 1.79. The van der Waals surface area contributed by atoms with E-state index in [4.69, 9.17) is 0 Å². The Kier molecular flexibility index (Phi) is 3.51. The number of nitrogens with one attached hydrogen (secondary N) is 1. The molecule has 0 atom stereocenters. The Balaban J connectivity index is 1.91. The third kappa shape index (κ3) is 2.56. The number of rotatable bonds is 3. The zero-order valence-electron chi connectivity index (χ0n) is 10.6. The van der Waals surface area contributed by atoms with Crippen molar-refractivity contribution in [3.8, 4) is 0 Å². The van der Waals surface area contributed by atoms with Gasteiger partial charge in [0.25, 0.3) is 5.56 Å². The van der Waals surface area contributed by atoms with E-state index in [1.165, 1.54) is 32.4 Å². The average Bonchev–Trinajstić information content (AvgIpc) is 3.02. The van der Waals surface area contributed by atoms with Gasteiger partial charge in [0.05, 0.1) is 0 Å². The van der Waals surface area contributed by atoms with Crippen LogP contribution in [0.5, 0.6) is 0 Å². The summed E-state index contributed by atoms with van der Waals surface area (Å²) in [4.78, 5) is 28.3. The van der Waals surface area contributed by atoms with Crippen molar-refractivity contribution in [1.29, 1.82) is 0 Å². The molecule has 1 N–H and O–H groups in total. The van der Waals surface area contributed by atoms with Crippen molar-refractivity contribution in [2.75, 3.05) is 5.32 Å². The van der Waals surface area contributed by atoms with Crippen LogP contribution in [0.1, 0.15) is 0 Å². The van der Waals surface area contributed by atoms with Gasteiger partial charge in [0.1, 0.15) is 28.4 Å². The summed E-state index contributed by atoms with van der Waals surface area (Å²) in [7, 11) is 1.69. The van der Waals surface area contributed by atoms with Crippen LogP contribution in [0.2, 0.25) is 0 Å². The van der Waals surface area contributed by atoms with Crippen LogP contribution in [0.3, 0.4) is 0 Å². The van der Waals surface area contributed by atoms with Gasteiger partial charge in [-0.2, -0.15) is 5.10 Å². The van der Waals surface area contributed by atoms with Crippen LogP contribution < -0.4 is 10.9 Å². The van der Waals surface area contributed by atoms with E-state index in [2.05, 4.69) is 41.5 Å². The number of carbonyl (C=O) groups excluding carboxylic acids is 1. The third-order valence-corrected chi connectivity index (χ3v) is 3.85. The van der Waals surface area contributed by atoms with Crippen LogP contribution in [-0.2, 0) is 18.4 Å². The Morgan fingerprint density at radius 1 is 1.52 bits per heavy atom. The van der Waals surface area contributed by atoms with Crippen LogP contribution in [0.25, 0.3) is 11.0 Å². The Morgan fingerprint density at radius 3 is 3.05 bits per heavy atom. The Labute approximate surface area is 129 Å². The lowest BCUT2D eigenvalue weighted by Crippen LogP contribution is -2.28. The summed E-state index contributed by atoms with van der Waals surface area (Å²) in [6, 6.07) is 0. The van der Waals surface area contributed by atoms with Crippen LogP contribution in [0.15, 0.2) is 21.2 Å². The molecule has 0 saturated heterocycles. The molecule has 0 bridgehead atoms. The lowest BCUT2D eigenvalue weighted by atomic mass is 10.4. The van der Waals surface area contributed by atoms with Gasteiger partial charge < -0.3 is 0 Å². The minimum atomic E-state index is -0.380. The molecule has 108 valence electrons. The highest BCUT2D eigenvalue weighted by atomic mass is 79.9. The zero-order valence-corrected chi connectivity index (χ0v) is 13.1. The molecule has 9 nitrogen and oxygen atoms in total. The van der Waals surface area contributed by atoms with Crippen molar-refractivity contribution in [3.63, 3.8) is 0 Å². The first-order valence-corrected chi connectivity index (χ1v) is 7.37. The van der Waals surface area contributed by atoms with Gasteiger partial charge in [-0.25, -0.2) is 9.67 Å². The lowest BCUT2D eigenvalue weighted by Gasteiger charge is -2.04. The number of nitrogens with zero attached hydrogens (tertiary/aromatic N) is 6. The summed E-state index contributed by atoms with van der Waals surface area (Å²) >= 11 is 4.41. The van der Waals surface area contributed by atoms with Crippen molar-refractivity contribution < 1.29 is 4.79 Å². The van der Waals surface area contributed by atoms with Crippen molar-refractivity contribution in [1.82, 2.24) is 29.5 Å². The van der Waals surface area contributed by atoms with Gasteiger partial charge in [-0.3, -0.25) is 19.5 Å². The van der Waals surface area contributed by atoms with Crippen molar-refractivity contribution in [2.24, 2.45) is 7.05 Å². The van der Waals surface area contributed by atoms with Crippen molar-refractivity contribution >= 4 is 49.3 Å². The first kappa shape index (κ1) is 13.8. The normalized spacial score (nSPS) is 11.0. The number of anilines is 1. The number of hydrogen-bond donors (Lipinski definition) is 1. The summed E-state index contributed by atoms with van der Waals surface area (Å²) in [5.74, 6) is -0.380. The quantitative estimate of drug-likeness (QED) is 0.714. The largest absolute Gasteiger partial charge is 0.299 e. The second-order valence-corrected chi connectivity index (χ2v) is 5.67. The summed E-state index contributed by atoms with van der Waals surface area (Å²) in [5, 5.41) is 14.7. The SMILES string of the molecule is Cn1nc(Br)c2c(=O)n(CC(=O)Nc3nncs3)cnc21. The van der Waals surface area contributed by atoms with E-state index in [-0.39, 0.29) is 18.0 Å². The number of aromatic nitrogens is 6. The zero-order chi connectivity index (χ0) is 15.0. The topological polar surface area (TPSA) is 108 Å². The predicted molar refractivity (Wildman–Crippen MR) is 79.0 cm³/mol. The van der Waals surface area contributed by atoms with E-state index in [1.54, 1.807) is 7.05 Å². The maximum absolute atomic E-state index is 12.3. The fourth-order valence-corrected chi connectivity index (χ4v) is 2.84. The van der Waals surface area contributed by atoms with Crippen LogP contribution in [0, 0.1) is 0 Å². The van der Waals surface area contributed by atoms with E-state index < -0.39 is 0 Å². The van der Waals surface area contributed by atoms with Crippen LogP contribution in [0.4, 0.5) is 5.13 Å². The Hall–Kier alpha value is -2.14. The summed E-state index contributed by atoms with van der Waals surface area (Å²) in [6.45, 7) is -0.164. The van der Waals surface area contributed by atoms with Gasteiger partial charge in [0, 0.05) is 7.05 Å². The smallest absolute Gasteiger partial charge is 0.266 e. The molecular formula is C10H8BrN7O2S. The van der Waals surface area contributed by atoms with E-state index in [0.717, 1.165) is 0 Å². The Bertz CT molecular complexity index is 870. The molecular weight excluding hydrogens is 362 g/mol. The Morgan fingerprint density at radius 2 is 2.33 bits per heavy atom. The summed E-state index contributed by atoms with van der Waals surface area (Å²) in [5.41, 5.74) is 1.61. The van der Waals surface area contributed by atoms with Gasteiger partial charge >= 0.3 is 0 Å². The van der Waals surface area contributed by atoms with Gasteiger partial charge in [0.15, 0.2) is 5.65 Å². The molecule has 21 heavy (non-hydrogen) atoms. The fraction of sp³-hybridized carbons (Fsp3) is 0.200. The van der Waals surface area contributed by atoms with Crippen LogP contribution in [-0.4, -0.2) is 35.4 Å². The molecule has 0 spiro atoms. The van der Waals surface area contributed by atoms with Gasteiger partial charge in [-0.1, -0.05) is 11.3 Å². The number of hydrogen-bond acceptors (Lipinski definition) is 7. The molecule has 0 aliphatic rings. The molecule has 0 fully saturated rings. The van der Waals surface area contributed by atoms with Gasteiger partial charge in [-0.15, -0.1) is 10.2 Å². The number of carbonyl (C=O) groups is 1. The first-order valence-electron chi connectivity index (χ1n) is 5.70. The van der Waals surface area contributed by atoms with E-state index in [0.29, 0.717) is 20.8 Å². The predicted octanol–water partition coefficient (Wildman–Crippen LogP) is 0.383. The molecule has 3 rings (SSSR count). The minimum Gasteiger partial charge on any atom is -0.299 e. The first-order chi connectivity index (χ1) is 10.1. The number of aryl methyl sites for hydroxylation is 1. The molecule has 3 aromatic heterocycles. The standard InChI is InChI=1S/C10H8BrN7O2S/c1-17-8-6(7(11)16-17)9(20)18(3-12-8)2-5(19)14-10-15-13-4-21-10/h3-4H,2H2,1H3,(H,14,15,19). The van der Waals surface area contributed by atoms with Gasteiger partial charge in [0.2, 0.25) is 11.0 Å². The molecule has 0 aliphatic carbocycles. The van der Waals surface area contributed by atoms with Crippen molar-refractivity contribution in [3.05, 3.63) is 26.8 Å². The molecule has 0 unspecified atom stereocenters. The molecule has 3 aromatic rings. The van der Waals surface area contributed by atoms with E-state index in [9.17, 15) is 9.59 Å². The molecule has 1 amide bonds. The summed E-state index contributed by atoms with van der Waals surface area (Å²) < 4.78 is 3.11. The molecule has 0 radical (unpaired) electrons. The third-order valence-electron chi connectivity index (χ3n) is 2.69. The number of amides is 1. The van der Waals surface area contributed by atoms with E-state index in [1.807, 2.05) is 0 Å². The molecule has 0 aliphatic heterocycles. The second kappa shape index (κ2) is 5.33. The lowest BCUT2D eigenvalue weighted by molar-refractivity contribution is -0.116. The highest BCUT2D eigenvalue weighted by Gasteiger charge is 2.15. The average molecular weight is 370 g/mol. The van der Waals surface area contributed by atoms with Gasteiger partial charge in [-0.05, 0) is 15.9 Å². The maximum atomic E-state index is 12.3. The number of fused-ring (bicyclic) bond motifs is 1. The monoisotopic (exact) mass is 369 g/mol. The highest BCUT2D eigenvalue weighted by molar-refractivity contribution is 9.10. The summed E-state index contributed by atoms with van der Waals surface area (Å²) in [6.07, 6.45) is 1.32. The van der Waals surface area contributed by atoms with E-state index >= 15 is 0 Å².